The summed E-state index contributed by atoms with van der Waals surface area (Å²) in [6.45, 7) is 7.20. The molecule has 4 nitrogen and oxygen atoms in total. The van der Waals surface area contributed by atoms with Crippen LogP contribution < -0.4 is 4.74 Å². The SMILES string of the molecule is CCCCCC(C)(C)c1cc(O)c2c(c1)OCC1CC=C(C(=O)O)CC21. The van der Waals surface area contributed by atoms with Gasteiger partial charge in [-0.1, -0.05) is 46.1 Å². The van der Waals surface area contributed by atoms with Crippen LogP contribution in [-0.4, -0.2) is 22.8 Å². The maximum absolute atomic E-state index is 11.4. The number of rotatable bonds is 6. The molecular weight excluding hydrogens is 328 g/mol. The molecule has 0 saturated carbocycles. The minimum atomic E-state index is -0.857. The molecule has 1 aliphatic heterocycles. The number of benzene rings is 1. The summed E-state index contributed by atoms with van der Waals surface area (Å²) < 4.78 is 5.99. The molecule has 1 aromatic rings. The van der Waals surface area contributed by atoms with Crippen molar-refractivity contribution in [3.8, 4) is 11.5 Å². The number of phenolic OH excluding ortho intramolecular Hbond substituents is 1. The second kappa shape index (κ2) is 7.34. The van der Waals surface area contributed by atoms with Crippen LogP contribution in [-0.2, 0) is 10.2 Å². The first-order chi connectivity index (χ1) is 12.3. The summed E-state index contributed by atoms with van der Waals surface area (Å²) in [5, 5.41) is 20.1. The summed E-state index contributed by atoms with van der Waals surface area (Å²) in [7, 11) is 0. The lowest BCUT2D eigenvalue weighted by Crippen LogP contribution is -2.30. The van der Waals surface area contributed by atoms with Crippen LogP contribution in [0.2, 0.25) is 0 Å². The Morgan fingerprint density at radius 2 is 2.08 bits per heavy atom. The minimum absolute atomic E-state index is 0.0205. The molecule has 142 valence electrons. The standard InChI is InChI=1S/C22H30O4/c1-4-5-6-9-22(2,3)16-11-18(23)20-17-10-14(21(24)25)7-8-15(17)13-26-19(20)12-16/h7,11-12,15,17,23H,4-6,8-10,13H2,1-3H3,(H,24,25). The molecule has 0 saturated heterocycles. The molecule has 2 aliphatic rings. The van der Waals surface area contributed by atoms with Gasteiger partial charge in [0, 0.05) is 23.0 Å². The van der Waals surface area contributed by atoms with Crippen LogP contribution in [0.15, 0.2) is 23.8 Å². The van der Waals surface area contributed by atoms with Crippen molar-refractivity contribution in [2.75, 3.05) is 6.61 Å². The van der Waals surface area contributed by atoms with Crippen LogP contribution in [0, 0.1) is 5.92 Å². The lowest BCUT2D eigenvalue weighted by Gasteiger charge is -2.37. The monoisotopic (exact) mass is 358 g/mol. The van der Waals surface area contributed by atoms with E-state index in [0.717, 1.165) is 23.3 Å². The number of ether oxygens (including phenoxy) is 1. The van der Waals surface area contributed by atoms with Crippen molar-refractivity contribution in [2.24, 2.45) is 5.92 Å². The molecule has 2 unspecified atom stereocenters. The van der Waals surface area contributed by atoms with Gasteiger partial charge in [-0.2, -0.15) is 0 Å². The molecule has 0 radical (unpaired) electrons. The van der Waals surface area contributed by atoms with Gasteiger partial charge in [0.25, 0.3) is 0 Å². The highest BCUT2D eigenvalue weighted by Crippen LogP contribution is 2.50. The topological polar surface area (TPSA) is 66.8 Å². The zero-order chi connectivity index (χ0) is 18.9. The van der Waals surface area contributed by atoms with Gasteiger partial charge in [-0.25, -0.2) is 4.79 Å². The number of allylic oxidation sites excluding steroid dienone is 1. The number of phenols is 1. The van der Waals surface area contributed by atoms with Gasteiger partial charge < -0.3 is 14.9 Å². The Morgan fingerprint density at radius 1 is 1.31 bits per heavy atom. The van der Waals surface area contributed by atoms with Gasteiger partial charge in [0.05, 0.1) is 6.61 Å². The van der Waals surface area contributed by atoms with E-state index in [0.29, 0.717) is 25.0 Å². The quantitative estimate of drug-likeness (QED) is 0.690. The third-order valence-corrected chi connectivity index (χ3v) is 6.08. The van der Waals surface area contributed by atoms with Crippen molar-refractivity contribution in [1.82, 2.24) is 0 Å². The van der Waals surface area contributed by atoms with E-state index in [9.17, 15) is 15.0 Å². The van der Waals surface area contributed by atoms with Crippen LogP contribution in [0.4, 0.5) is 0 Å². The fraction of sp³-hybridized carbons (Fsp3) is 0.591. The first-order valence-electron chi connectivity index (χ1n) is 9.76. The zero-order valence-corrected chi connectivity index (χ0v) is 16.0. The van der Waals surface area contributed by atoms with Crippen LogP contribution in [0.5, 0.6) is 11.5 Å². The molecule has 1 heterocycles. The Balaban J connectivity index is 1.90. The van der Waals surface area contributed by atoms with Crippen LogP contribution in [0.25, 0.3) is 0 Å². The van der Waals surface area contributed by atoms with Gasteiger partial charge in [-0.15, -0.1) is 0 Å². The van der Waals surface area contributed by atoms with Gasteiger partial charge in [0.2, 0.25) is 0 Å². The highest BCUT2D eigenvalue weighted by atomic mass is 16.5. The number of hydrogen-bond donors (Lipinski definition) is 2. The molecule has 0 spiro atoms. The third-order valence-electron chi connectivity index (χ3n) is 6.08. The van der Waals surface area contributed by atoms with E-state index in [1.54, 1.807) is 6.08 Å². The minimum Gasteiger partial charge on any atom is -0.508 e. The third kappa shape index (κ3) is 3.60. The molecule has 1 aromatic carbocycles. The van der Waals surface area contributed by atoms with Crippen molar-refractivity contribution in [3.05, 3.63) is 34.9 Å². The van der Waals surface area contributed by atoms with Gasteiger partial charge >= 0.3 is 5.97 Å². The molecule has 4 heteroatoms. The number of carboxylic acids is 1. The molecule has 0 aromatic heterocycles. The Bertz CT molecular complexity index is 717. The van der Waals surface area contributed by atoms with Crippen LogP contribution >= 0.6 is 0 Å². The molecule has 0 amide bonds. The van der Waals surface area contributed by atoms with E-state index >= 15 is 0 Å². The maximum atomic E-state index is 11.4. The van der Waals surface area contributed by atoms with E-state index in [-0.39, 0.29) is 23.0 Å². The van der Waals surface area contributed by atoms with Crippen molar-refractivity contribution in [2.45, 2.75) is 70.6 Å². The summed E-state index contributed by atoms with van der Waals surface area (Å²) in [6, 6.07) is 3.94. The number of aliphatic carboxylic acids is 1. The Hall–Kier alpha value is -1.97. The van der Waals surface area contributed by atoms with Crippen molar-refractivity contribution in [3.63, 3.8) is 0 Å². The number of aromatic hydroxyl groups is 1. The number of hydrogen-bond acceptors (Lipinski definition) is 3. The van der Waals surface area contributed by atoms with E-state index in [1.165, 1.54) is 19.3 Å². The normalized spacial score (nSPS) is 22.0. The van der Waals surface area contributed by atoms with E-state index in [1.807, 2.05) is 6.07 Å². The maximum Gasteiger partial charge on any atom is 0.331 e. The Kier molecular flexibility index (Phi) is 5.31. The van der Waals surface area contributed by atoms with Crippen molar-refractivity contribution in [1.29, 1.82) is 0 Å². The Labute approximate surface area is 155 Å². The first kappa shape index (κ1) is 18.8. The van der Waals surface area contributed by atoms with E-state index in [4.69, 9.17) is 4.74 Å². The molecule has 1 aliphatic carbocycles. The Morgan fingerprint density at radius 3 is 2.77 bits per heavy atom. The summed E-state index contributed by atoms with van der Waals surface area (Å²) in [5.41, 5.74) is 2.30. The smallest absolute Gasteiger partial charge is 0.331 e. The molecule has 26 heavy (non-hydrogen) atoms. The predicted octanol–water partition coefficient (Wildman–Crippen LogP) is 5.15. The highest BCUT2D eigenvalue weighted by Gasteiger charge is 2.38. The molecule has 3 rings (SSSR count). The fourth-order valence-corrected chi connectivity index (χ4v) is 4.29. The summed E-state index contributed by atoms with van der Waals surface area (Å²) in [6.07, 6.45) is 7.59. The van der Waals surface area contributed by atoms with Gasteiger partial charge in [0.1, 0.15) is 11.5 Å². The number of carboxylic acid groups (broad SMARTS) is 1. The lowest BCUT2D eigenvalue weighted by molar-refractivity contribution is -0.133. The van der Waals surface area contributed by atoms with Gasteiger partial charge in [-0.05, 0) is 42.4 Å². The lowest BCUT2D eigenvalue weighted by atomic mass is 9.72. The summed E-state index contributed by atoms with van der Waals surface area (Å²) in [5.74, 6) is 0.385. The summed E-state index contributed by atoms with van der Waals surface area (Å²) in [4.78, 5) is 11.4. The number of carbonyl (C=O) groups is 1. The highest BCUT2D eigenvalue weighted by molar-refractivity contribution is 5.87. The van der Waals surface area contributed by atoms with E-state index < -0.39 is 5.97 Å². The fourth-order valence-electron chi connectivity index (χ4n) is 4.29. The first-order valence-corrected chi connectivity index (χ1v) is 9.76. The average molecular weight is 358 g/mol. The zero-order valence-electron chi connectivity index (χ0n) is 16.0. The van der Waals surface area contributed by atoms with Crippen LogP contribution in [0.3, 0.4) is 0 Å². The molecule has 0 fully saturated rings. The van der Waals surface area contributed by atoms with Gasteiger partial charge in [0.15, 0.2) is 0 Å². The molecule has 2 N–H and O–H groups in total. The molecule has 2 atom stereocenters. The second-order valence-electron chi connectivity index (χ2n) is 8.40. The predicted molar refractivity (Wildman–Crippen MR) is 102 cm³/mol. The van der Waals surface area contributed by atoms with E-state index in [2.05, 4.69) is 26.8 Å². The average Bonchev–Trinajstić information content (AvgIpc) is 2.60. The molecular formula is C22H30O4. The largest absolute Gasteiger partial charge is 0.508 e. The van der Waals surface area contributed by atoms with Crippen molar-refractivity contribution >= 4 is 5.97 Å². The van der Waals surface area contributed by atoms with Gasteiger partial charge in [-0.3, -0.25) is 0 Å². The number of fused-ring (bicyclic) bond motifs is 3. The summed E-state index contributed by atoms with van der Waals surface area (Å²) >= 11 is 0. The second-order valence-corrected chi connectivity index (χ2v) is 8.40. The van der Waals surface area contributed by atoms with Crippen LogP contribution in [0.1, 0.15) is 76.3 Å². The van der Waals surface area contributed by atoms with Crippen molar-refractivity contribution < 1.29 is 19.7 Å². The number of unbranched alkanes of at least 4 members (excludes halogenated alkanes) is 2. The molecule has 0 bridgehead atoms.